The lowest BCUT2D eigenvalue weighted by Crippen LogP contribution is -2.41. The zero-order chi connectivity index (χ0) is 25.5. The Bertz CT molecular complexity index is 1320. The maximum Gasteiger partial charge on any atom is 0.319 e. The zero-order valence-corrected chi connectivity index (χ0v) is 21.8. The fourth-order valence-electron chi connectivity index (χ4n) is 5.49. The Hall–Kier alpha value is -3.48. The van der Waals surface area contributed by atoms with E-state index in [0.717, 1.165) is 77.7 Å². The van der Waals surface area contributed by atoms with Gasteiger partial charge in [-0.05, 0) is 88.1 Å². The zero-order valence-electron chi connectivity index (χ0n) is 21.8. The lowest BCUT2D eigenvalue weighted by Gasteiger charge is -2.30. The standard InChI is InChI=1S/C30H36N4O3/c1-3-37-24-16-17-25-26(18-24)34(23-8-5-9-23)28(27(25)29(35)33(2)22-14-15-22)19-10-12-21(13-11-19)32-30(36)31-20-6-4-7-20/h10-13,16-18,20,22-23H,3-9,14-15H2,1-2H3,(H2,31,32,36). The van der Waals surface area contributed by atoms with Gasteiger partial charge >= 0.3 is 6.03 Å². The predicted molar refractivity (Wildman–Crippen MR) is 146 cm³/mol. The molecule has 0 bridgehead atoms. The number of nitrogens with one attached hydrogen (secondary N) is 2. The average molecular weight is 501 g/mol. The van der Waals surface area contributed by atoms with Crippen molar-refractivity contribution in [3.8, 4) is 17.0 Å². The summed E-state index contributed by atoms with van der Waals surface area (Å²) < 4.78 is 8.22. The number of hydrogen-bond acceptors (Lipinski definition) is 3. The molecule has 0 atom stereocenters. The first-order valence-electron chi connectivity index (χ1n) is 13.8. The monoisotopic (exact) mass is 500 g/mol. The average Bonchev–Trinajstić information content (AvgIpc) is 3.64. The van der Waals surface area contributed by atoms with Crippen molar-refractivity contribution in [2.45, 2.75) is 76.4 Å². The van der Waals surface area contributed by atoms with Gasteiger partial charge in [0.2, 0.25) is 0 Å². The molecule has 7 heteroatoms. The summed E-state index contributed by atoms with van der Waals surface area (Å²) in [7, 11) is 1.93. The van der Waals surface area contributed by atoms with E-state index < -0.39 is 0 Å². The van der Waals surface area contributed by atoms with Gasteiger partial charge in [0.25, 0.3) is 5.91 Å². The Morgan fingerprint density at radius 3 is 2.32 bits per heavy atom. The van der Waals surface area contributed by atoms with Gasteiger partial charge in [0.1, 0.15) is 5.75 Å². The number of carbonyl (C=O) groups is 2. The van der Waals surface area contributed by atoms with Gasteiger partial charge in [0, 0.05) is 42.3 Å². The lowest BCUT2D eigenvalue weighted by atomic mass is 9.92. The first-order chi connectivity index (χ1) is 18.0. The molecule has 7 nitrogen and oxygen atoms in total. The summed E-state index contributed by atoms with van der Waals surface area (Å²) in [6.45, 7) is 2.59. The summed E-state index contributed by atoms with van der Waals surface area (Å²) in [6, 6.07) is 14.8. The van der Waals surface area contributed by atoms with Crippen LogP contribution in [-0.4, -0.2) is 47.1 Å². The number of hydrogen-bond donors (Lipinski definition) is 2. The molecule has 3 amide bonds. The van der Waals surface area contributed by atoms with Gasteiger partial charge in [0.05, 0.1) is 23.4 Å². The molecule has 0 aliphatic heterocycles. The second-order valence-corrected chi connectivity index (χ2v) is 10.7. The van der Waals surface area contributed by atoms with Crippen molar-refractivity contribution in [2.24, 2.45) is 0 Å². The fourth-order valence-corrected chi connectivity index (χ4v) is 5.49. The summed E-state index contributed by atoms with van der Waals surface area (Å²) in [6.07, 6.45) is 8.81. The van der Waals surface area contributed by atoms with Crippen LogP contribution in [0.25, 0.3) is 22.2 Å². The van der Waals surface area contributed by atoms with E-state index in [1.807, 2.05) is 55.3 Å². The Labute approximate surface area is 218 Å². The number of carbonyl (C=O) groups excluding carboxylic acids is 2. The quantitative estimate of drug-likeness (QED) is 0.379. The van der Waals surface area contributed by atoms with E-state index in [9.17, 15) is 9.59 Å². The number of nitrogens with zero attached hydrogens (tertiary/aromatic N) is 2. The number of fused-ring (bicyclic) bond motifs is 1. The van der Waals surface area contributed by atoms with E-state index in [2.05, 4.69) is 21.3 Å². The maximum absolute atomic E-state index is 14.0. The molecule has 194 valence electrons. The number of rotatable bonds is 8. The summed E-state index contributed by atoms with van der Waals surface area (Å²) in [5, 5.41) is 6.96. The molecule has 3 aromatic rings. The number of urea groups is 1. The molecule has 1 aromatic heterocycles. The second kappa shape index (κ2) is 9.77. The first-order valence-corrected chi connectivity index (χ1v) is 13.8. The highest BCUT2D eigenvalue weighted by Gasteiger charge is 2.35. The van der Waals surface area contributed by atoms with Crippen LogP contribution < -0.4 is 15.4 Å². The van der Waals surface area contributed by atoms with Gasteiger partial charge in [-0.15, -0.1) is 0 Å². The molecule has 37 heavy (non-hydrogen) atoms. The predicted octanol–water partition coefficient (Wildman–Crippen LogP) is 6.34. The van der Waals surface area contributed by atoms with E-state index in [0.29, 0.717) is 18.7 Å². The first kappa shape index (κ1) is 23.9. The highest BCUT2D eigenvalue weighted by Crippen LogP contribution is 2.44. The van der Waals surface area contributed by atoms with E-state index in [1.165, 1.54) is 12.8 Å². The third-order valence-corrected chi connectivity index (χ3v) is 8.21. The minimum Gasteiger partial charge on any atom is -0.494 e. The summed E-state index contributed by atoms with van der Waals surface area (Å²) in [4.78, 5) is 28.2. The second-order valence-electron chi connectivity index (χ2n) is 10.7. The highest BCUT2D eigenvalue weighted by atomic mass is 16.5. The normalized spacial score (nSPS) is 17.7. The molecule has 0 unspecified atom stereocenters. The summed E-state index contributed by atoms with van der Waals surface area (Å²) in [5.41, 5.74) is 4.52. The number of amides is 3. The lowest BCUT2D eigenvalue weighted by molar-refractivity contribution is 0.0787. The van der Waals surface area contributed by atoms with Crippen molar-refractivity contribution < 1.29 is 14.3 Å². The third-order valence-electron chi connectivity index (χ3n) is 8.21. The van der Waals surface area contributed by atoms with Gasteiger partial charge in [0.15, 0.2) is 0 Å². The summed E-state index contributed by atoms with van der Waals surface area (Å²) >= 11 is 0. The van der Waals surface area contributed by atoms with Crippen LogP contribution in [0.2, 0.25) is 0 Å². The number of benzene rings is 2. The molecule has 1 heterocycles. The van der Waals surface area contributed by atoms with Crippen LogP contribution in [-0.2, 0) is 0 Å². The van der Waals surface area contributed by atoms with Crippen LogP contribution >= 0.6 is 0 Å². The minimum atomic E-state index is -0.161. The SMILES string of the molecule is CCOc1ccc2c(C(=O)N(C)C3CC3)c(-c3ccc(NC(=O)NC4CCC4)cc3)n(C3CCC3)c2c1. The number of aromatic nitrogens is 1. The van der Waals surface area contributed by atoms with Crippen molar-refractivity contribution >= 4 is 28.5 Å². The van der Waals surface area contributed by atoms with Crippen LogP contribution in [0.15, 0.2) is 42.5 Å². The van der Waals surface area contributed by atoms with Crippen molar-refractivity contribution in [1.82, 2.24) is 14.8 Å². The van der Waals surface area contributed by atoms with E-state index in [1.54, 1.807) is 0 Å². The van der Waals surface area contributed by atoms with E-state index in [4.69, 9.17) is 4.74 Å². The van der Waals surface area contributed by atoms with Gasteiger partial charge in [-0.25, -0.2) is 4.79 Å². The topological polar surface area (TPSA) is 75.6 Å². The van der Waals surface area contributed by atoms with Crippen molar-refractivity contribution in [2.75, 3.05) is 19.0 Å². The van der Waals surface area contributed by atoms with Crippen molar-refractivity contribution in [3.63, 3.8) is 0 Å². The van der Waals surface area contributed by atoms with Crippen LogP contribution in [0.1, 0.15) is 74.7 Å². The van der Waals surface area contributed by atoms with Crippen molar-refractivity contribution in [1.29, 1.82) is 0 Å². The highest BCUT2D eigenvalue weighted by molar-refractivity contribution is 6.13. The molecule has 2 aromatic carbocycles. The largest absolute Gasteiger partial charge is 0.494 e. The Morgan fingerprint density at radius 2 is 1.73 bits per heavy atom. The molecular weight excluding hydrogens is 464 g/mol. The molecule has 6 rings (SSSR count). The van der Waals surface area contributed by atoms with E-state index in [-0.39, 0.29) is 18.0 Å². The van der Waals surface area contributed by atoms with Crippen LogP contribution in [0.5, 0.6) is 5.75 Å². The smallest absolute Gasteiger partial charge is 0.319 e. The molecule has 3 aliphatic rings. The molecule has 0 radical (unpaired) electrons. The van der Waals surface area contributed by atoms with Crippen molar-refractivity contribution in [3.05, 3.63) is 48.0 Å². The molecule has 3 saturated carbocycles. The van der Waals surface area contributed by atoms with Gasteiger partial charge in [-0.2, -0.15) is 0 Å². The van der Waals surface area contributed by atoms with Crippen LogP contribution in [0.4, 0.5) is 10.5 Å². The van der Waals surface area contributed by atoms with Gasteiger partial charge in [-0.3, -0.25) is 4.79 Å². The molecular formula is C30H36N4O3. The Morgan fingerprint density at radius 1 is 1.00 bits per heavy atom. The van der Waals surface area contributed by atoms with Gasteiger partial charge < -0.3 is 24.8 Å². The third kappa shape index (κ3) is 4.56. The molecule has 3 fully saturated rings. The maximum atomic E-state index is 14.0. The summed E-state index contributed by atoms with van der Waals surface area (Å²) in [5.74, 6) is 0.901. The number of anilines is 1. The van der Waals surface area contributed by atoms with E-state index >= 15 is 0 Å². The molecule has 3 aliphatic carbocycles. The Balaban J connectivity index is 1.42. The molecule has 0 spiro atoms. The van der Waals surface area contributed by atoms with Crippen LogP contribution in [0.3, 0.4) is 0 Å². The minimum absolute atomic E-state index is 0.0758. The van der Waals surface area contributed by atoms with Gasteiger partial charge in [-0.1, -0.05) is 12.1 Å². The molecule has 0 saturated heterocycles. The fraction of sp³-hybridized carbons (Fsp3) is 0.467. The van der Waals surface area contributed by atoms with Crippen LogP contribution in [0, 0.1) is 0 Å². The molecule has 2 N–H and O–H groups in total. The number of ether oxygens (including phenoxy) is 1. The Kier molecular flexibility index (Phi) is 6.31.